The Balaban J connectivity index is 2.13. The fourth-order valence-electron chi connectivity index (χ4n) is 1.91. The summed E-state index contributed by atoms with van der Waals surface area (Å²) in [5.74, 6) is 0.119. The summed E-state index contributed by atoms with van der Waals surface area (Å²) in [5, 5.41) is 8.81. The predicted molar refractivity (Wildman–Crippen MR) is 66.5 cm³/mol. The smallest absolute Gasteiger partial charge is 0.224 e. The van der Waals surface area contributed by atoms with E-state index in [9.17, 15) is 9.59 Å². The number of amides is 2. The van der Waals surface area contributed by atoms with Gasteiger partial charge in [0, 0.05) is 25.6 Å². The molecular weight excluding hydrogens is 218 g/mol. The third-order valence-electron chi connectivity index (χ3n) is 2.77. The van der Waals surface area contributed by atoms with Crippen LogP contribution in [0.2, 0.25) is 0 Å². The molecule has 98 valence electrons. The fraction of sp³-hybridized carbons (Fsp3) is 0.833. The first-order valence-corrected chi connectivity index (χ1v) is 6.37. The molecule has 2 amide bonds. The molecule has 1 fully saturated rings. The minimum Gasteiger partial charge on any atom is -0.355 e. The second kappa shape index (κ2) is 7.27. The molecule has 0 saturated carbocycles. The topological polar surface area (TPSA) is 70.2 Å². The maximum Gasteiger partial charge on any atom is 0.224 e. The summed E-state index contributed by atoms with van der Waals surface area (Å²) in [6, 6.07) is 0.153. The Bertz CT molecular complexity index is 260. The van der Waals surface area contributed by atoms with Gasteiger partial charge in [0.25, 0.3) is 0 Å². The SMILES string of the molecule is CC(C)NC(=O)CCNC(=O)[C@@H]1CCCNC1. The molecule has 0 unspecified atom stereocenters. The lowest BCUT2D eigenvalue weighted by atomic mass is 9.99. The van der Waals surface area contributed by atoms with Gasteiger partial charge in [-0.25, -0.2) is 0 Å². The number of hydrogen-bond acceptors (Lipinski definition) is 3. The molecule has 0 aromatic carbocycles. The van der Waals surface area contributed by atoms with E-state index < -0.39 is 0 Å². The number of piperidine rings is 1. The van der Waals surface area contributed by atoms with Crippen molar-refractivity contribution in [2.75, 3.05) is 19.6 Å². The lowest BCUT2D eigenvalue weighted by Gasteiger charge is -2.21. The van der Waals surface area contributed by atoms with Crippen molar-refractivity contribution >= 4 is 11.8 Å². The second-order valence-corrected chi connectivity index (χ2v) is 4.81. The van der Waals surface area contributed by atoms with Gasteiger partial charge in [-0.15, -0.1) is 0 Å². The molecule has 1 heterocycles. The lowest BCUT2D eigenvalue weighted by Crippen LogP contribution is -2.41. The Hall–Kier alpha value is -1.10. The van der Waals surface area contributed by atoms with Crippen molar-refractivity contribution in [1.29, 1.82) is 0 Å². The molecule has 17 heavy (non-hydrogen) atoms. The summed E-state index contributed by atoms with van der Waals surface area (Å²) >= 11 is 0. The number of rotatable bonds is 5. The summed E-state index contributed by atoms with van der Waals surface area (Å²) in [5.41, 5.74) is 0. The van der Waals surface area contributed by atoms with Gasteiger partial charge in [0.2, 0.25) is 11.8 Å². The van der Waals surface area contributed by atoms with Gasteiger partial charge in [0.05, 0.1) is 5.92 Å². The average molecular weight is 241 g/mol. The van der Waals surface area contributed by atoms with E-state index in [1.54, 1.807) is 0 Å². The first-order chi connectivity index (χ1) is 8.09. The van der Waals surface area contributed by atoms with Crippen molar-refractivity contribution in [2.24, 2.45) is 5.92 Å². The Morgan fingerprint density at radius 2 is 2.18 bits per heavy atom. The Morgan fingerprint density at radius 1 is 1.41 bits per heavy atom. The van der Waals surface area contributed by atoms with Crippen LogP contribution < -0.4 is 16.0 Å². The van der Waals surface area contributed by atoms with Crippen LogP contribution in [-0.4, -0.2) is 37.5 Å². The first kappa shape index (κ1) is 14.0. The molecule has 3 N–H and O–H groups in total. The van der Waals surface area contributed by atoms with E-state index in [2.05, 4.69) is 16.0 Å². The van der Waals surface area contributed by atoms with Crippen LogP contribution in [-0.2, 0) is 9.59 Å². The molecule has 1 saturated heterocycles. The van der Waals surface area contributed by atoms with Crippen LogP contribution in [0.15, 0.2) is 0 Å². The summed E-state index contributed by atoms with van der Waals surface area (Å²) in [4.78, 5) is 23.1. The highest BCUT2D eigenvalue weighted by atomic mass is 16.2. The summed E-state index contributed by atoms with van der Waals surface area (Å²) in [6.07, 6.45) is 2.34. The summed E-state index contributed by atoms with van der Waals surface area (Å²) < 4.78 is 0. The lowest BCUT2D eigenvalue weighted by molar-refractivity contribution is -0.125. The molecule has 0 bridgehead atoms. The standard InChI is InChI=1S/C12H23N3O2/c1-9(2)15-11(16)5-7-14-12(17)10-4-3-6-13-8-10/h9-10,13H,3-8H2,1-2H3,(H,14,17)(H,15,16)/t10-/m1/s1. The average Bonchev–Trinajstić information content (AvgIpc) is 2.29. The Labute approximate surface area is 103 Å². The van der Waals surface area contributed by atoms with Crippen molar-refractivity contribution in [2.45, 2.75) is 39.2 Å². The molecule has 1 atom stereocenters. The van der Waals surface area contributed by atoms with E-state index >= 15 is 0 Å². The van der Waals surface area contributed by atoms with E-state index in [0.29, 0.717) is 13.0 Å². The Kier molecular flexibility index (Phi) is 5.97. The van der Waals surface area contributed by atoms with Crippen LogP contribution in [0.25, 0.3) is 0 Å². The molecule has 0 aliphatic carbocycles. The van der Waals surface area contributed by atoms with Crippen molar-refractivity contribution < 1.29 is 9.59 Å². The number of nitrogens with one attached hydrogen (secondary N) is 3. The van der Waals surface area contributed by atoms with Crippen molar-refractivity contribution in [3.8, 4) is 0 Å². The first-order valence-electron chi connectivity index (χ1n) is 6.37. The minimum atomic E-state index is -0.0120. The van der Waals surface area contributed by atoms with Gasteiger partial charge >= 0.3 is 0 Å². The summed E-state index contributed by atoms with van der Waals surface area (Å²) in [6.45, 7) is 6.02. The van der Waals surface area contributed by atoms with E-state index in [0.717, 1.165) is 25.9 Å². The van der Waals surface area contributed by atoms with Gasteiger partial charge in [0.1, 0.15) is 0 Å². The van der Waals surface area contributed by atoms with Crippen LogP contribution in [0.1, 0.15) is 33.1 Å². The van der Waals surface area contributed by atoms with E-state index in [1.165, 1.54) is 0 Å². The van der Waals surface area contributed by atoms with Gasteiger partial charge in [0.15, 0.2) is 0 Å². The number of hydrogen-bond donors (Lipinski definition) is 3. The number of carbonyl (C=O) groups is 2. The molecule has 1 aliphatic heterocycles. The highest BCUT2D eigenvalue weighted by Crippen LogP contribution is 2.09. The predicted octanol–water partition coefficient (Wildman–Crippen LogP) is 0.0169. The van der Waals surface area contributed by atoms with Gasteiger partial charge in [-0.05, 0) is 33.2 Å². The molecule has 1 rings (SSSR count). The zero-order chi connectivity index (χ0) is 12.7. The highest BCUT2D eigenvalue weighted by Gasteiger charge is 2.20. The van der Waals surface area contributed by atoms with Crippen LogP contribution in [0.5, 0.6) is 0 Å². The molecule has 0 aromatic rings. The van der Waals surface area contributed by atoms with E-state index in [1.807, 2.05) is 13.8 Å². The van der Waals surface area contributed by atoms with Gasteiger partial charge in [-0.2, -0.15) is 0 Å². The molecule has 0 radical (unpaired) electrons. The normalized spacial score (nSPS) is 20.1. The van der Waals surface area contributed by atoms with Crippen LogP contribution in [0.3, 0.4) is 0 Å². The van der Waals surface area contributed by atoms with E-state index in [-0.39, 0.29) is 23.8 Å². The fourth-order valence-corrected chi connectivity index (χ4v) is 1.91. The molecular formula is C12H23N3O2. The molecule has 5 heteroatoms. The third-order valence-corrected chi connectivity index (χ3v) is 2.77. The van der Waals surface area contributed by atoms with Crippen LogP contribution >= 0.6 is 0 Å². The van der Waals surface area contributed by atoms with Gasteiger partial charge in [-0.1, -0.05) is 0 Å². The monoisotopic (exact) mass is 241 g/mol. The highest BCUT2D eigenvalue weighted by molar-refractivity contribution is 5.80. The van der Waals surface area contributed by atoms with Crippen molar-refractivity contribution in [1.82, 2.24) is 16.0 Å². The van der Waals surface area contributed by atoms with Gasteiger partial charge in [-0.3, -0.25) is 9.59 Å². The van der Waals surface area contributed by atoms with Crippen LogP contribution in [0.4, 0.5) is 0 Å². The second-order valence-electron chi connectivity index (χ2n) is 4.81. The molecule has 5 nitrogen and oxygen atoms in total. The Morgan fingerprint density at radius 3 is 2.76 bits per heavy atom. The van der Waals surface area contributed by atoms with Crippen molar-refractivity contribution in [3.63, 3.8) is 0 Å². The van der Waals surface area contributed by atoms with Gasteiger partial charge < -0.3 is 16.0 Å². The van der Waals surface area contributed by atoms with Crippen molar-refractivity contribution in [3.05, 3.63) is 0 Å². The van der Waals surface area contributed by atoms with Crippen LogP contribution in [0, 0.1) is 5.92 Å². The zero-order valence-corrected chi connectivity index (χ0v) is 10.7. The maximum absolute atomic E-state index is 11.7. The molecule has 1 aliphatic rings. The maximum atomic E-state index is 11.7. The van der Waals surface area contributed by atoms with E-state index in [4.69, 9.17) is 0 Å². The third kappa shape index (κ3) is 5.68. The largest absolute Gasteiger partial charge is 0.355 e. The zero-order valence-electron chi connectivity index (χ0n) is 10.7. The summed E-state index contributed by atoms with van der Waals surface area (Å²) in [7, 11) is 0. The molecule has 0 aromatic heterocycles. The molecule has 0 spiro atoms. The minimum absolute atomic E-state index is 0.0120. The number of carbonyl (C=O) groups excluding carboxylic acids is 2. The quantitative estimate of drug-likeness (QED) is 0.635.